The van der Waals surface area contributed by atoms with Gasteiger partial charge in [-0.15, -0.1) is 12.4 Å². The number of nitrogens with zero attached hydrogens (tertiary/aromatic N) is 1. The minimum Gasteiger partial charge on any atom is -0.315 e. The number of halogens is 3. The number of nitrogens with one attached hydrogen (secondary N) is 1. The maximum atomic E-state index is 13.0. The molecule has 2 atom stereocenters. The summed E-state index contributed by atoms with van der Waals surface area (Å²) in [5.41, 5.74) is 0. The predicted octanol–water partition coefficient (Wildman–Crippen LogP) is 3.04. The quantitative estimate of drug-likeness (QED) is 0.807. The van der Waals surface area contributed by atoms with Crippen molar-refractivity contribution in [2.45, 2.75) is 36.2 Å². The van der Waals surface area contributed by atoms with E-state index in [1.54, 1.807) is 22.5 Å². The van der Waals surface area contributed by atoms with Crippen molar-refractivity contribution >= 4 is 50.0 Å². The summed E-state index contributed by atoms with van der Waals surface area (Å²) in [7, 11) is -3.51. The van der Waals surface area contributed by atoms with Crippen LogP contribution in [0.25, 0.3) is 0 Å². The van der Waals surface area contributed by atoms with Gasteiger partial charge in [0.05, 0.1) is 14.4 Å². The fourth-order valence-corrected chi connectivity index (χ4v) is 6.23. The molecule has 0 spiro atoms. The lowest BCUT2D eigenvalue weighted by atomic mass is 10.1. The summed E-state index contributed by atoms with van der Waals surface area (Å²) in [6, 6.07) is 5.13. The molecule has 1 aromatic rings. The SMILES string of the molecule is Cl.O=S(=O)(c1cccc(Cl)c1Br)N1C2CCNCC1CC2. The van der Waals surface area contributed by atoms with E-state index in [9.17, 15) is 8.42 Å². The average molecular weight is 416 g/mol. The third-order valence-corrected chi connectivity index (χ3v) is 7.77. The van der Waals surface area contributed by atoms with Crippen molar-refractivity contribution in [3.8, 4) is 0 Å². The lowest BCUT2D eigenvalue weighted by Gasteiger charge is -2.27. The molecule has 0 saturated carbocycles. The van der Waals surface area contributed by atoms with Gasteiger partial charge in [0.15, 0.2) is 0 Å². The van der Waals surface area contributed by atoms with Gasteiger partial charge in [0.25, 0.3) is 0 Å². The van der Waals surface area contributed by atoms with Crippen LogP contribution in [0.4, 0.5) is 0 Å². The molecule has 118 valence electrons. The predicted molar refractivity (Wildman–Crippen MR) is 89.7 cm³/mol. The van der Waals surface area contributed by atoms with Crippen LogP contribution in [-0.2, 0) is 10.0 Å². The highest BCUT2D eigenvalue weighted by Gasteiger charge is 2.43. The topological polar surface area (TPSA) is 49.4 Å². The van der Waals surface area contributed by atoms with E-state index >= 15 is 0 Å². The Hall–Kier alpha value is 0.150. The summed E-state index contributed by atoms with van der Waals surface area (Å²) < 4.78 is 28.1. The fourth-order valence-electron chi connectivity index (χ4n) is 3.13. The van der Waals surface area contributed by atoms with Crippen LogP contribution >= 0.6 is 39.9 Å². The molecule has 2 saturated heterocycles. The second kappa shape index (κ2) is 6.72. The van der Waals surface area contributed by atoms with E-state index in [4.69, 9.17) is 11.6 Å². The van der Waals surface area contributed by atoms with E-state index in [2.05, 4.69) is 21.2 Å². The third-order valence-electron chi connectivity index (χ3n) is 4.06. The number of fused-ring (bicyclic) bond motifs is 2. The molecule has 0 aromatic heterocycles. The van der Waals surface area contributed by atoms with Crippen molar-refractivity contribution < 1.29 is 8.42 Å². The molecule has 2 heterocycles. The molecule has 4 nitrogen and oxygen atoms in total. The first-order chi connectivity index (χ1) is 9.51. The number of rotatable bonds is 2. The van der Waals surface area contributed by atoms with Gasteiger partial charge in [0.2, 0.25) is 10.0 Å². The monoisotopic (exact) mass is 414 g/mol. The van der Waals surface area contributed by atoms with Gasteiger partial charge in [-0.05, 0) is 53.9 Å². The Morgan fingerprint density at radius 1 is 1.24 bits per heavy atom. The van der Waals surface area contributed by atoms with Crippen molar-refractivity contribution in [3.63, 3.8) is 0 Å². The van der Waals surface area contributed by atoms with Crippen LogP contribution in [0.5, 0.6) is 0 Å². The summed E-state index contributed by atoms with van der Waals surface area (Å²) in [6.45, 7) is 1.61. The van der Waals surface area contributed by atoms with Crippen LogP contribution in [0.1, 0.15) is 19.3 Å². The molecule has 0 aliphatic carbocycles. The van der Waals surface area contributed by atoms with Crippen LogP contribution in [0.15, 0.2) is 27.6 Å². The molecule has 2 aliphatic rings. The zero-order valence-corrected chi connectivity index (χ0v) is 15.2. The number of sulfonamides is 1. The lowest BCUT2D eigenvalue weighted by molar-refractivity contribution is 0.334. The Labute approximate surface area is 144 Å². The molecule has 2 aliphatic heterocycles. The van der Waals surface area contributed by atoms with Crippen LogP contribution in [0, 0.1) is 0 Å². The summed E-state index contributed by atoms with van der Waals surface area (Å²) in [4.78, 5) is 0.267. The van der Waals surface area contributed by atoms with Crippen molar-refractivity contribution in [2.75, 3.05) is 13.1 Å². The summed E-state index contributed by atoms with van der Waals surface area (Å²) >= 11 is 9.35. The maximum Gasteiger partial charge on any atom is 0.244 e. The van der Waals surface area contributed by atoms with Gasteiger partial charge in [0.1, 0.15) is 0 Å². The molecule has 3 rings (SSSR count). The van der Waals surface area contributed by atoms with Gasteiger partial charge in [-0.2, -0.15) is 4.31 Å². The van der Waals surface area contributed by atoms with E-state index in [-0.39, 0.29) is 29.4 Å². The molecule has 21 heavy (non-hydrogen) atoms. The van der Waals surface area contributed by atoms with Crippen LogP contribution < -0.4 is 5.32 Å². The largest absolute Gasteiger partial charge is 0.315 e. The minimum atomic E-state index is -3.51. The number of benzene rings is 1. The number of hydrogen-bond acceptors (Lipinski definition) is 3. The van der Waals surface area contributed by atoms with E-state index in [1.165, 1.54) is 0 Å². The first-order valence-electron chi connectivity index (χ1n) is 6.70. The highest BCUT2D eigenvalue weighted by atomic mass is 79.9. The first-order valence-corrected chi connectivity index (χ1v) is 9.31. The van der Waals surface area contributed by atoms with Crippen molar-refractivity contribution in [2.24, 2.45) is 0 Å². The van der Waals surface area contributed by atoms with Crippen molar-refractivity contribution in [1.29, 1.82) is 0 Å². The van der Waals surface area contributed by atoms with Gasteiger partial charge in [-0.1, -0.05) is 17.7 Å². The molecule has 2 fully saturated rings. The second-order valence-electron chi connectivity index (χ2n) is 5.26. The van der Waals surface area contributed by atoms with Gasteiger partial charge in [-0.3, -0.25) is 0 Å². The molecule has 2 unspecified atom stereocenters. The molecule has 8 heteroatoms. The molecule has 1 aromatic carbocycles. The van der Waals surface area contributed by atoms with Gasteiger partial charge in [0, 0.05) is 18.6 Å². The molecule has 2 bridgehead atoms. The Bertz CT molecular complexity index is 613. The summed E-state index contributed by atoms with van der Waals surface area (Å²) in [6.07, 6.45) is 2.74. The Morgan fingerprint density at radius 3 is 2.71 bits per heavy atom. The van der Waals surface area contributed by atoms with E-state index < -0.39 is 10.0 Å². The molecule has 1 N–H and O–H groups in total. The van der Waals surface area contributed by atoms with Gasteiger partial charge < -0.3 is 5.32 Å². The highest BCUT2D eigenvalue weighted by Crippen LogP contribution is 2.37. The van der Waals surface area contributed by atoms with Gasteiger partial charge >= 0.3 is 0 Å². The minimum absolute atomic E-state index is 0. The van der Waals surface area contributed by atoms with Crippen LogP contribution in [-0.4, -0.2) is 37.9 Å². The Balaban J connectivity index is 0.00000161. The fraction of sp³-hybridized carbons (Fsp3) is 0.538. The Morgan fingerprint density at radius 2 is 1.95 bits per heavy atom. The average Bonchev–Trinajstić information content (AvgIpc) is 2.66. The van der Waals surface area contributed by atoms with Crippen molar-refractivity contribution in [1.82, 2.24) is 9.62 Å². The normalized spacial score (nSPS) is 26.2. The maximum absolute atomic E-state index is 13.0. The lowest BCUT2D eigenvalue weighted by Crippen LogP contribution is -2.42. The molecule has 0 amide bonds. The number of hydrogen-bond donors (Lipinski definition) is 1. The van der Waals surface area contributed by atoms with E-state index in [0.717, 1.165) is 32.4 Å². The Kier molecular flexibility index (Phi) is 5.60. The van der Waals surface area contributed by atoms with E-state index in [1.807, 2.05) is 0 Å². The van der Waals surface area contributed by atoms with Crippen LogP contribution in [0.2, 0.25) is 5.02 Å². The summed E-state index contributed by atoms with van der Waals surface area (Å²) in [5.74, 6) is 0. The molecule has 0 radical (unpaired) electrons. The zero-order valence-electron chi connectivity index (χ0n) is 11.3. The molecular formula is C13H17BrCl2N2O2S. The first kappa shape index (κ1) is 17.5. The third kappa shape index (κ3) is 3.12. The zero-order chi connectivity index (χ0) is 14.3. The van der Waals surface area contributed by atoms with E-state index in [0.29, 0.717) is 9.50 Å². The molecular weight excluding hydrogens is 399 g/mol. The van der Waals surface area contributed by atoms with Gasteiger partial charge in [-0.25, -0.2) is 8.42 Å². The van der Waals surface area contributed by atoms with Crippen molar-refractivity contribution in [3.05, 3.63) is 27.7 Å². The smallest absolute Gasteiger partial charge is 0.244 e. The summed E-state index contributed by atoms with van der Waals surface area (Å²) in [5, 5.41) is 3.74. The standard InChI is InChI=1S/C13H16BrClN2O2S.ClH/c14-13-11(15)2-1-3-12(13)20(18,19)17-9-4-5-10(17)8-16-7-6-9;/h1-3,9-10,16H,4-8H2;1H. The van der Waals surface area contributed by atoms with Crippen LogP contribution in [0.3, 0.4) is 0 Å². The second-order valence-corrected chi connectivity index (χ2v) is 8.28. The highest BCUT2D eigenvalue weighted by molar-refractivity contribution is 9.10.